The third-order valence-corrected chi connectivity index (χ3v) is 8.68. The van der Waals surface area contributed by atoms with E-state index in [1.54, 1.807) is 0 Å². The number of piperidine rings is 2. The highest BCUT2D eigenvalue weighted by Gasteiger charge is 2.38. The summed E-state index contributed by atoms with van der Waals surface area (Å²) < 4.78 is 11.0. The molecule has 3 saturated heterocycles. The molecule has 232 valence electrons. The minimum absolute atomic E-state index is 0.000551. The van der Waals surface area contributed by atoms with Gasteiger partial charge in [0.25, 0.3) is 0 Å². The van der Waals surface area contributed by atoms with E-state index < -0.39 is 5.60 Å². The van der Waals surface area contributed by atoms with Crippen molar-refractivity contribution in [1.29, 1.82) is 0 Å². The van der Waals surface area contributed by atoms with Crippen molar-refractivity contribution in [2.75, 3.05) is 39.3 Å². The van der Waals surface area contributed by atoms with Gasteiger partial charge in [-0.05, 0) is 75.5 Å². The number of rotatable bonds is 7. The lowest BCUT2D eigenvalue weighted by Crippen LogP contribution is -2.62. The lowest BCUT2D eigenvalue weighted by molar-refractivity contribution is -0.139. The van der Waals surface area contributed by atoms with E-state index in [1.807, 2.05) is 30.6 Å². The van der Waals surface area contributed by atoms with Gasteiger partial charge in [0.1, 0.15) is 12.2 Å². The van der Waals surface area contributed by atoms with Crippen LogP contribution in [0.25, 0.3) is 0 Å². The first-order chi connectivity index (χ1) is 20.7. The first kappa shape index (κ1) is 30.9. The standard InChI is InChI=1S/C34H46N4O5/c1-34(2,3)43-32(40)35-18-7-8-24-11-13-26(14-12-24)31(25-9-5-4-6-10-25)27-15-19-37(20-16-27)33(41)38-21-17-29-28(22-38)36-30(39)23-42-29/h4-6,9-14,27-29,31H,7-8,15-23H2,1-3H3,(H,35,40)(H,36,39)/t28-,29+,31+/m1/s1. The molecule has 43 heavy (non-hydrogen) atoms. The quantitative estimate of drug-likeness (QED) is 0.456. The molecule has 0 bridgehead atoms. The molecule has 4 amide bonds. The summed E-state index contributed by atoms with van der Waals surface area (Å²) in [6, 6.07) is 19.5. The van der Waals surface area contributed by atoms with E-state index in [0.717, 1.165) is 45.2 Å². The molecule has 3 heterocycles. The molecule has 0 saturated carbocycles. The Morgan fingerprint density at radius 3 is 2.35 bits per heavy atom. The van der Waals surface area contributed by atoms with Crippen LogP contribution in [0, 0.1) is 5.92 Å². The molecule has 9 heteroatoms. The van der Waals surface area contributed by atoms with Crippen LogP contribution in [-0.4, -0.2) is 84.9 Å². The van der Waals surface area contributed by atoms with Crippen molar-refractivity contribution in [3.63, 3.8) is 0 Å². The number of ether oxygens (including phenoxy) is 2. The lowest BCUT2D eigenvalue weighted by Gasteiger charge is -2.44. The fourth-order valence-electron chi connectivity index (χ4n) is 6.58. The van der Waals surface area contributed by atoms with Gasteiger partial charge in [0.15, 0.2) is 0 Å². The molecule has 0 radical (unpaired) electrons. The Hall–Kier alpha value is -3.59. The minimum Gasteiger partial charge on any atom is -0.444 e. The maximum absolute atomic E-state index is 13.4. The number of morpholine rings is 1. The summed E-state index contributed by atoms with van der Waals surface area (Å²) >= 11 is 0. The molecule has 0 aliphatic carbocycles. The van der Waals surface area contributed by atoms with Crippen molar-refractivity contribution < 1.29 is 23.9 Å². The van der Waals surface area contributed by atoms with Crippen LogP contribution in [0.5, 0.6) is 0 Å². The minimum atomic E-state index is -0.496. The van der Waals surface area contributed by atoms with E-state index in [9.17, 15) is 14.4 Å². The number of hydrogen-bond acceptors (Lipinski definition) is 5. The SMILES string of the molecule is CC(C)(C)OC(=O)NCCCc1ccc([C@H](c2ccccc2)C2CCN(C(=O)N3CC[C@@H]4OCC(=O)N[C@@H]4C3)CC2)cc1. The Morgan fingerprint density at radius 2 is 1.65 bits per heavy atom. The number of carbonyl (C=O) groups excluding carboxylic acids is 3. The molecule has 2 N–H and O–H groups in total. The van der Waals surface area contributed by atoms with Gasteiger partial charge in [0.05, 0.1) is 12.1 Å². The number of aryl methyl sites for hydroxylation is 1. The van der Waals surface area contributed by atoms with Gasteiger partial charge in [-0.2, -0.15) is 0 Å². The molecule has 3 aliphatic heterocycles. The third kappa shape index (κ3) is 8.28. The van der Waals surface area contributed by atoms with Crippen LogP contribution in [0.15, 0.2) is 54.6 Å². The first-order valence-electron chi connectivity index (χ1n) is 15.7. The second-order valence-corrected chi connectivity index (χ2v) is 13.0. The molecular formula is C34H46N4O5. The normalized spacial score (nSPS) is 21.9. The predicted octanol–water partition coefficient (Wildman–Crippen LogP) is 4.70. The number of nitrogens with one attached hydrogen (secondary N) is 2. The summed E-state index contributed by atoms with van der Waals surface area (Å²) in [7, 11) is 0. The van der Waals surface area contributed by atoms with E-state index in [4.69, 9.17) is 9.47 Å². The van der Waals surface area contributed by atoms with Gasteiger partial charge in [-0.3, -0.25) is 4.79 Å². The topological polar surface area (TPSA) is 100 Å². The highest BCUT2D eigenvalue weighted by atomic mass is 16.6. The van der Waals surface area contributed by atoms with Crippen LogP contribution in [0.4, 0.5) is 9.59 Å². The van der Waals surface area contributed by atoms with Crippen LogP contribution >= 0.6 is 0 Å². The van der Waals surface area contributed by atoms with Gasteiger partial charge in [0, 0.05) is 38.6 Å². The molecule has 5 rings (SSSR count). The van der Waals surface area contributed by atoms with E-state index >= 15 is 0 Å². The van der Waals surface area contributed by atoms with Gasteiger partial charge < -0.3 is 29.9 Å². The molecule has 3 aliphatic rings. The zero-order chi connectivity index (χ0) is 30.4. The van der Waals surface area contributed by atoms with Gasteiger partial charge in [-0.15, -0.1) is 0 Å². The van der Waals surface area contributed by atoms with Crippen molar-refractivity contribution in [2.45, 2.75) is 76.5 Å². The first-order valence-corrected chi connectivity index (χ1v) is 15.7. The Kier molecular flexibility index (Phi) is 9.90. The Balaban J connectivity index is 1.16. The Morgan fingerprint density at radius 1 is 0.977 bits per heavy atom. The number of hydrogen-bond donors (Lipinski definition) is 2. The van der Waals surface area contributed by atoms with Gasteiger partial charge in [0.2, 0.25) is 5.91 Å². The number of fused-ring (bicyclic) bond motifs is 1. The van der Waals surface area contributed by atoms with Crippen LogP contribution in [0.2, 0.25) is 0 Å². The molecule has 2 aromatic carbocycles. The molecule has 9 nitrogen and oxygen atoms in total. The molecule has 0 aromatic heterocycles. The van der Waals surface area contributed by atoms with Crippen LogP contribution in [0.1, 0.15) is 69.1 Å². The number of amides is 4. The summed E-state index contributed by atoms with van der Waals surface area (Å²) in [5.41, 5.74) is 3.34. The van der Waals surface area contributed by atoms with E-state index in [0.29, 0.717) is 25.6 Å². The largest absolute Gasteiger partial charge is 0.444 e. The summed E-state index contributed by atoms with van der Waals surface area (Å²) in [4.78, 5) is 41.0. The van der Waals surface area contributed by atoms with Crippen molar-refractivity contribution in [1.82, 2.24) is 20.4 Å². The molecule has 0 spiro atoms. The fourth-order valence-corrected chi connectivity index (χ4v) is 6.58. The molecule has 3 atom stereocenters. The zero-order valence-corrected chi connectivity index (χ0v) is 25.7. The highest BCUT2D eigenvalue weighted by molar-refractivity contribution is 5.79. The lowest BCUT2D eigenvalue weighted by atomic mass is 9.76. The van der Waals surface area contributed by atoms with Gasteiger partial charge in [-0.1, -0.05) is 54.6 Å². The van der Waals surface area contributed by atoms with Gasteiger partial charge >= 0.3 is 12.1 Å². The number of likely N-dealkylation sites (tertiary alicyclic amines) is 2. The number of carbonyl (C=O) groups is 3. The summed E-state index contributed by atoms with van der Waals surface area (Å²) in [6.45, 7) is 8.88. The van der Waals surface area contributed by atoms with E-state index in [1.165, 1.54) is 16.7 Å². The average Bonchev–Trinajstić information content (AvgIpc) is 2.99. The average molecular weight is 591 g/mol. The van der Waals surface area contributed by atoms with E-state index in [2.05, 4.69) is 65.2 Å². The summed E-state index contributed by atoms with van der Waals surface area (Å²) in [5.74, 6) is 0.574. The maximum atomic E-state index is 13.4. The fraction of sp³-hybridized carbons (Fsp3) is 0.559. The summed E-state index contributed by atoms with van der Waals surface area (Å²) in [5, 5.41) is 5.83. The smallest absolute Gasteiger partial charge is 0.407 e. The number of benzene rings is 2. The molecule has 3 fully saturated rings. The van der Waals surface area contributed by atoms with Crippen molar-refractivity contribution in [2.24, 2.45) is 5.92 Å². The van der Waals surface area contributed by atoms with Crippen LogP contribution in [-0.2, 0) is 20.7 Å². The molecule has 2 aromatic rings. The Bertz CT molecular complexity index is 1240. The van der Waals surface area contributed by atoms with Gasteiger partial charge in [-0.25, -0.2) is 9.59 Å². The predicted molar refractivity (Wildman–Crippen MR) is 165 cm³/mol. The van der Waals surface area contributed by atoms with Crippen molar-refractivity contribution in [3.05, 3.63) is 71.3 Å². The highest BCUT2D eigenvalue weighted by Crippen LogP contribution is 2.38. The van der Waals surface area contributed by atoms with Crippen molar-refractivity contribution >= 4 is 18.0 Å². The van der Waals surface area contributed by atoms with Crippen LogP contribution in [0.3, 0.4) is 0 Å². The monoisotopic (exact) mass is 590 g/mol. The number of nitrogens with zero attached hydrogens (tertiary/aromatic N) is 2. The molecular weight excluding hydrogens is 544 g/mol. The third-order valence-electron chi connectivity index (χ3n) is 8.68. The maximum Gasteiger partial charge on any atom is 0.407 e. The molecule has 0 unspecified atom stereocenters. The van der Waals surface area contributed by atoms with E-state index in [-0.39, 0.29) is 42.7 Å². The summed E-state index contributed by atoms with van der Waals surface area (Å²) in [6.07, 6.45) is 3.95. The second kappa shape index (κ2) is 13.8. The van der Waals surface area contributed by atoms with Crippen LogP contribution < -0.4 is 10.6 Å². The number of urea groups is 1. The Labute approximate surface area is 255 Å². The zero-order valence-electron chi connectivity index (χ0n) is 25.7. The second-order valence-electron chi connectivity index (χ2n) is 13.0. The van der Waals surface area contributed by atoms with Crippen molar-refractivity contribution in [3.8, 4) is 0 Å². The number of alkyl carbamates (subject to hydrolysis) is 1.